The van der Waals surface area contributed by atoms with Gasteiger partial charge in [0.05, 0.1) is 22.6 Å². The number of amides is 2. The molecule has 44 heavy (non-hydrogen) atoms. The Hall–Kier alpha value is -4.45. The SMILES string of the molecule is CCC(C(=O)NCC(C)C)N(Cc1cccc(C)c1)C(=O)CN(c1ccc(OC)cc1)S(=O)(=O)c1ccc(C)c([N+](=O)[O-])c1. The predicted molar refractivity (Wildman–Crippen MR) is 169 cm³/mol. The summed E-state index contributed by atoms with van der Waals surface area (Å²) in [6.45, 7) is 8.98. The van der Waals surface area contributed by atoms with E-state index in [9.17, 15) is 28.1 Å². The van der Waals surface area contributed by atoms with Crippen molar-refractivity contribution in [3.05, 3.63) is 93.5 Å². The predicted octanol–water partition coefficient (Wildman–Crippen LogP) is 5.00. The highest BCUT2D eigenvalue weighted by molar-refractivity contribution is 7.92. The number of sulfonamides is 1. The molecule has 0 aliphatic carbocycles. The lowest BCUT2D eigenvalue weighted by Crippen LogP contribution is -2.52. The molecule has 1 N–H and O–H groups in total. The molecule has 0 saturated carbocycles. The third kappa shape index (κ3) is 8.34. The number of nitrogens with one attached hydrogen (secondary N) is 1. The van der Waals surface area contributed by atoms with E-state index in [0.717, 1.165) is 21.5 Å². The van der Waals surface area contributed by atoms with Crippen LogP contribution >= 0.6 is 0 Å². The lowest BCUT2D eigenvalue weighted by atomic mass is 10.1. The molecule has 11 nitrogen and oxygen atoms in total. The zero-order valence-corrected chi connectivity index (χ0v) is 26.8. The van der Waals surface area contributed by atoms with Crippen LogP contribution in [0.5, 0.6) is 5.75 Å². The largest absolute Gasteiger partial charge is 0.497 e. The molecule has 0 aliphatic heterocycles. The lowest BCUT2D eigenvalue weighted by Gasteiger charge is -2.33. The van der Waals surface area contributed by atoms with E-state index in [1.165, 1.54) is 43.2 Å². The van der Waals surface area contributed by atoms with Crippen LogP contribution in [0.3, 0.4) is 0 Å². The summed E-state index contributed by atoms with van der Waals surface area (Å²) < 4.78 is 34.3. The highest BCUT2D eigenvalue weighted by atomic mass is 32.2. The molecule has 0 spiro atoms. The molecular weight excluding hydrogens is 584 g/mol. The van der Waals surface area contributed by atoms with Gasteiger partial charge in [-0.2, -0.15) is 0 Å². The first-order valence-electron chi connectivity index (χ1n) is 14.3. The van der Waals surface area contributed by atoms with Gasteiger partial charge in [-0.1, -0.05) is 56.7 Å². The number of hydrogen-bond donors (Lipinski definition) is 1. The summed E-state index contributed by atoms with van der Waals surface area (Å²) in [5.41, 5.74) is 1.83. The summed E-state index contributed by atoms with van der Waals surface area (Å²) in [6, 6.07) is 16.4. The molecule has 0 aliphatic rings. The van der Waals surface area contributed by atoms with Gasteiger partial charge in [0.2, 0.25) is 11.8 Å². The molecule has 1 atom stereocenters. The second kappa shape index (κ2) is 14.8. The maximum absolute atomic E-state index is 14.2. The van der Waals surface area contributed by atoms with Crippen molar-refractivity contribution in [2.24, 2.45) is 5.92 Å². The molecule has 0 radical (unpaired) electrons. The zero-order chi connectivity index (χ0) is 32.6. The van der Waals surface area contributed by atoms with Gasteiger partial charge in [-0.3, -0.25) is 24.0 Å². The van der Waals surface area contributed by atoms with Crippen molar-refractivity contribution >= 4 is 33.2 Å². The Balaban J connectivity index is 2.11. The summed E-state index contributed by atoms with van der Waals surface area (Å²) in [4.78, 5) is 39.6. The highest BCUT2D eigenvalue weighted by Gasteiger charge is 2.34. The fraction of sp³-hybridized carbons (Fsp3) is 0.375. The second-order valence-electron chi connectivity index (χ2n) is 11.0. The molecule has 0 heterocycles. The minimum atomic E-state index is -4.49. The van der Waals surface area contributed by atoms with Crippen LogP contribution in [0, 0.1) is 29.9 Å². The number of hydrogen-bond acceptors (Lipinski definition) is 7. The van der Waals surface area contributed by atoms with Crippen molar-refractivity contribution < 1.29 is 27.7 Å². The molecule has 3 aromatic carbocycles. The summed E-state index contributed by atoms with van der Waals surface area (Å²) in [6.07, 6.45) is 0.293. The topological polar surface area (TPSA) is 139 Å². The van der Waals surface area contributed by atoms with Crippen molar-refractivity contribution in [1.29, 1.82) is 0 Å². The quantitative estimate of drug-likeness (QED) is 0.197. The van der Waals surface area contributed by atoms with Crippen molar-refractivity contribution in [1.82, 2.24) is 10.2 Å². The van der Waals surface area contributed by atoms with Crippen molar-refractivity contribution in [3.63, 3.8) is 0 Å². The fourth-order valence-electron chi connectivity index (χ4n) is 4.70. The second-order valence-corrected chi connectivity index (χ2v) is 12.9. The van der Waals surface area contributed by atoms with Gasteiger partial charge in [0.25, 0.3) is 15.7 Å². The van der Waals surface area contributed by atoms with Gasteiger partial charge in [-0.15, -0.1) is 0 Å². The van der Waals surface area contributed by atoms with E-state index in [1.807, 2.05) is 45.0 Å². The van der Waals surface area contributed by atoms with Gasteiger partial charge >= 0.3 is 0 Å². The monoisotopic (exact) mass is 624 g/mol. The van der Waals surface area contributed by atoms with E-state index in [2.05, 4.69) is 5.32 Å². The van der Waals surface area contributed by atoms with Crippen molar-refractivity contribution in [2.75, 3.05) is 24.5 Å². The molecule has 1 unspecified atom stereocenters. The summed E-state index contributed by atoms with van der Waals surface area (Å²) in [7, 11) is -3.02. The van der Waals surface area contributed by atoms with Crippen molar-refractivity contribution in [3.8, 4) is 5.75 Å². The third-order valence-electron chi connectivity index (χ3n) is 7.11. The van der Waals surface area contributed by atoms with Crippen LogP contribution < -0.4 is 14.4 Å². The first-order valence-corrected chi connectivity index (χ1v) is 15.8. The molecule has 12 heteroatoms. The molecule has 0 aromatic heterocycles. The van der Waals surface area contributed by atoms with Gasteiger partial charge in [-0.05, 0) is 62.1 Å². The number of benzene rings is 3. The maximum Gasteiger partial charge on any atom is 0.273 e. The average Bonchev–Trinajstić information content (AvgIpc) is 2.98. The number of anilines is 1. The van der Waals surface area contributed by atoms with Crippen LogP contribution in [0.1, 0.15) is 43.9 Å². The molecule has 2 amide bonds. The van der Waals surface area contributed by atoms with Crippen LogP contribution in [-0.2, 0) is 26.2 Å². The third-order valence-corrected chi connectivity index (χ3v) is 8.88. The lowest BCUT2D eigenvalue weighted by molar-refractivity contribution is -0.385. The summed E-state index contributed by atoms with van der Waals surface area (Å²) >= 11 is 0. The molecule has 0 saturated heterocycles. The number of nitro benzene ring substituents is 1. The highest BCUT2D eigenvalue weighted by Crippen LogP contribution is 2.29. The number of carbonyl (C=O) groups excluding carboxylic acids is 2. The van der Waals surface area contributed by atoms with Crippen LogP contribution in [0.2, 0.25) is 0 Å². The molecular formula is C32H40N4O7S. The van der Waals surface area contributed by atoms with E-state index in [4.69, 9.17) is 4.74 Å². The van der Waals surface area contributed by atoms with Gasteiger partial charge in [0.15, 0.2) is 0 Å². The van der Waals surface area contributed by atoms with Crippen LogP contribution in [0.25, 0.3) is 0 Å². The molecule has 3 rings (SSSR count). The number of nitro groups is 1. The van der Waals surface area contributed by atoms with Crippen molar-refractivity contribution in [2.45, 2.75) is 58.5 Å². The van der Waals surface area contributed by atoms with Crippen LogP contribution in [-0.4, -0.2) is 56.3 Å². The number of methoxy groups -OCH3 is 1. The summed E-state index contributed by atoms with van der Waals surface area (Å²) in [5.74, 6) is -0.293. The number of aryl methyl sites for hydroxylation is 2. The van der Waals surface area contributed by atoms with E-state index in [-0.39, 0.29) is 34.6 Å². The minimum Gasteiger partial charge on any atom is -0.497 e. The Kier molecular flexibility index (Phi) is 11.5. The number of ether oxygens (including phenoxy) is 1. The van der Waals surface area contributed by atoms with Gasteiger partial charge in [0.1, 0.15) is 18.3 Å². The number of nitrogens with zero attached hydrogens (tertiary/aromatic N) is 3. The van der Waals surface area contributed by atoms with E-state index in [1.54, 1.807) is 19.1 Å². The van der Waals surface area contributed by atoms with E-state index < -0.39 is 33.4 Å². The molecule has 236 valence electrons. The first kappa shape index (κ1) is 34.0. The number of rotatable bonds is 14. The van der Waals surface area contributed by atoms with E-state index >= 15 is 0 Å². The van der Waals surface area contributed by atoms with Crippen LogP contribution in [0.4, 0.5) is 11.4 Å². The smallest absolute Gasteiger partial charge is 0.273 e. The normalized spacial score (nSPS) is 12.0. The molecule has 0 fully saturated rings. The summed E-state index contributed by atoms with van der Waals surface area (Å²) in [5, 5.41) is 14.5. The Labute approximate surface area is 259 Å². The first-order chi connectivity index (χ1) is 20.8. The fourth-order valence-corrected chi connectivity index (χ4v) is 6.13. The zero-order valence-electron chi connectivity index (χ0n) is 25.9. The minimum absolute atomic E-state index is 0.0701. The van der Waals surface area contributed by atoms with Crippen LogP contribution in [0.15, 0.2) is 71.6 Å². The van der Waals surface area contributed by atoms with Gasteiger partial charge in [0, 0.05) is 24.7 Å². The number of carbonyl (C=O) groups is 2. The Morgan fingerprint density at radius 3 is 2.27 bits per heavy atom. The average molecular weight is 625 g/mol. The molecule has 0 bridgehead atoms. The van der Waals surface area contributed by atoms with Gasteiger partial charge < -0.3 is 15.0 Å². The van der Waals surface area contributed by atoms with Gasteiger partial charge in [-0.25, -0.2) is 8.42 Å². The molecule has 3 aromatic rings. The Morgan fingerprint density at radius 2 is 1.70 bits per heavy atom. The Bertz CT molecular complexity index is 1590. The Morgan fingerprint density at radius 1 is 1.02 bits per heavy atom. The van der Waals surface area contributed by atoms with E-state index in [0.29, 0.717) is 24.3 Å². The standard InChI is InChI=1S/C32H40N4O7S/c1-7-29(32(38)33-19-22(2)3)34(20-25-10-8-9-23(4)17-25)31(37)21-35(26-12-14-27(43-6)15-13-26)44(41,42)28-16-11-24(5)30(18-28)36(39)40/h8-18,22,29H,7,19-21H2,1-6H3,(H,33,38). The maximum atomic E-state index is 14.2.